The summed E-state index contributed by atoms with van der Waals surface area (Å²) in [5.74, 6) is 2.18. The monoisotopic (exact) mass is 271 g/mol. The van der Waals surface area contributed by atoms with Crippen LogP contribution in [0.3, 0.4) is 0 Å². The number of benzene rings is 1. The van der Waals surface area contributed by atoms with E-state index < -0.39 is 0 Å². The van der Waals surface area contributed by atoms with E-state index in [1.807, 2.05) is 0 Å². The molecule has 0 bridgehead atoms. The maximum atomic E-state index is 6.22. The van der Waals surface area contributed by atoms with Gasteiger partial charge in [0.1, 0.15) is 0 Å². The van der Waals surface area contributed by atoms with Gasteiger partial charge in [-0.3, -0.25) is 4.99 Å². The Hall–Kier alpha value is -1.51. The Labute approximate surface area is 121 Å². The fourth-order valence-corrected chi connectivity index (χ4v) is 3.39. The summed E-state index contributed by atoms with van der Waals surface area (Å²) in [4.78, 5) is 6.99. The molecule has 1 saturated carbocycles. The van der Waals surface area contributed by atoms with Crippen LogP contribution < -0.4 is 5.73 Å². The van der Waals surface area contributed by atoms with Crippen LogP contribution in [-0.2, 0) is 5.54 Å². The van der Waals surface area contributed by atoms with E-state index in [2.05, 4.69) is 54.1 Å². The van der Waals surface area contributed by atoms with Crippen LogP contribution in [0.2, 0.25) is 0 Å². The second-order valence-corrected chi connectivity index (χ2v) is 6.72. The van der Waals surface area contributed by atoms with Crippen molar-refractivity contribution >= 4 is 5.96 Å². The molecule has 2 aliphatic rings. The van der Waals surface area contributed by atoms with E-state index in [0.29, 0.717) is 5.92 Å². The van der Waals surface area contributed by atoms with Crippen molar-refractivity contribution in [2.24, 2.45) is 22.6 Å². The smallest absolute Gasteiger partial charge is 0.192 e. The fourth-order valence-electron chi connectivity index (χ4n) is 3.39. The lowest BCUT2D eigenvalue weighted by Gasteiger charge is -2.41. The molecular weight excluding hydrogens is 246 g/mol. The number of hydrogen-bond donors (Lipinski definition) is 1. The van der Waals surface area contributed by atoms with Crippen molar-refractivity contribution in [3.05, 3.63) is 35.9 Å². The molecule has 1 fully saturated rings. The molecule has 108 valence electrons. The molecule has 1 heterocycles. The topological polar surface area (TPSA) is 41.6 Å². The SMILES string of the molecule is CC(C)CC1(c2ccccc2)CN=C(N)N1CC1CC1. The van der Waals surface area contributed by atoms with Crippen molar-refractivity contribution < 1.29 is 0 Å². The van der Waals surface area contributed by atoms with Gasteiger partial charge in [-0.25, -0.2) is 0 Å². The molecule has 0 radical (unpaired) electrons. The Balaban J connectivity index is 1.96. The van der Waals surface area contributed by atoms with Crippen LogP contribution >= 0.6 is 0 Å². The molecule has 3 nitrogen and oxygen atoms in total. The standard InChI is InChI=1S/C17H25N3/c1-13(2)10-17(15-6-4-3-5-7-15)12-19-16(18)20(17)11-14-8-9-14/h3-7,13-14H,8-12H2,1-2H3,(H2,18,19). The molecule has 1 aromatic rings. The van der Waals surface area contributed by atoms with Gasteiger partial charge < -0.3 is 10.6 Å². The molecule has 3 heteroatoms. The summed E-state index contributed by atoms with van der Waals surface area (Å²) in [5, 5.41) is 0. The Morgan fingerprint density at radius 2 is 2.00 bits per heavy atom. The first-order chi connectivity index (χ1) is 9.62. The molecule has 2 N–H and O–H groups in total. The number of nitrogens with zero attached hydrogens (tertiary/aromatic N) is 2. The first-order valence-electron chi connectivity index (χ1n) is 7.75. The van der Waals surface area contributed by atoms with E-state index in [4.69, 9.17) is 5.73 Å². The van der Waals surface area contributed by atoms with Crippen molar-refractivity contribution in [2.45, 2.75) is 38.6 Å². The molecule has 1 aromatic carbocycles. The number of hydrogen-bond acceptors (Lipinski definition) is 3. The van der Waals surface area contributed by atoms with Crippen LogP contribution in [0, 0.1) is 11.8 Å². The lowest BCUT2D eigenvalue weighted by molar-refractivity contribution is 0.160. The van der Waals surface area contributed by atoms with Gasteiger partial charge in [0, 0.05) is 6.54 Å². The van der Waals surface area contributed by atoms with Gasteiger partial charge in [-0.15, -0.1) is 0 Å². The second kappa shape index (κ2) is 5.12. The normalized spacial score (nSPS) is 26.1. The quantitative estimate of drug-likeness (QED) is 0.894. The van der Waals surface area contributed by atoms with E-state index in [-0.39, 0.29) is 5.54 Å². The zero-order valence-electron chi connectivity index (χ0n) is 12.5. The Morgan fingerprint density at radius 1 is 1.30 bits per heavy atom. The van der Waals surface area contributed by atoms with Gasteiger partial charge in [-0.05, 0) is 36.7 Å². The lowest BCUT2D eigenvalue weighted by atomic mass is 9.81. The summed E-state index contributed by atoms with van der Waals surface area (Å²) in [5.41, 5.74) is 7.55. The maximum absolute atomic E-state index is 6.22. The van der Waals surface area contributed by atoms with Crippen molar-refractivity contribution in [3.8, 4) is 0 Å². The Kier molecular flexibility index (Phi) is 3.45. The van der Waals surface area contributed by atoms with Crippen molar-refractivity contribution in [2.75, 3.05) is 13.1 Å². The first kappa shape index (κ1) is 13.5. The maximum Gasteiger partial charge on any atom is 0.192 e. The third-order valence-corrected chi connectivity index (χ3v) is 4.49. The summed E-state index contributed by atoms with van der Waals surface area (Å²) in [6.07, 6.45) is 3.79. The minimum Gasteiger partial charge on any atom is -0.370 e. The van der Waals surface area contributed by atoms with Gasteiger partial charge >= 0.3 is 0 Å². The predicted octanol–water partition coefficient (Wildman–Crippen LogP) is 2.97. The van der Waals surface area contributed by atoms with Gasteiger partial charge in [-0.1, -0.05) is 44.2 Å². The zero-order valence-corrected chi connectivity index (χ0v) is 12.5. The lowest BCUT2D eigenvalue weighted by Crippen LogP contribution is -2.51. The summed E-state index contributed by atoms with van der Waals surface area (Å²) < 4.78 is 0. The van der Waals surface area contributed by atoms with Crippen LogP contribution in [0.25, 0.3) is 0 Å². The van der Waals surface area contributed by atoms with E-state index in [0.717, 1.165) is 31.4 Å². The molecule has 1 atom stereocenters. The molecule has 0 saturated heterocycles. The minimum absolute atomic E-state index is 0.0257. The Bertz CT molecular complexity index is 490. The van der Waals surface area contributed by atoms with E-state index in [1.54, 1.807) is 0 Å². The predicted molar refractivity (Wildman–Crippen MR) is 83.5 cm³/mol. The highest BCUT2D eigenvalue weighted by molar-refractivity contribution is 5.81. The zero-order chi connectivity index (χ0) is 14.2. The largest absolute Gasteiger partial charge is 0.370 e. The molecule has 0 aromatic heterocycles. The average Bonchev–Trinajstić information content (AvgIpc) is 3.20. The van der Waals surface area contributed by atoms with Crippen LogP contribution in [0.1, 0.15) is 38.7 Å². The van der Waals surface area contributed by atoms with Gasteiger partial charge in [0.15, 0.2) is 5.96 Å². The van der Waals surface area contributed by atoms with Crippen molar-refractivity contribution in [1.82, 2.24) is 4.90 Å². The number of nitrogens with two attached hydrogens (primary N) is 1. The minimum atomic E-state index is -0.0257. The van der Waals surface area contributed by atoms with Gasteiger partial charge in [0.25, 0.3) is 0 Å². The van der Waals surface area contributed by atoms with Crippen LogP contribution in [-0.4, -0.2) is 23.9 Å². The van der Waals surface area contributed by atoms with Gasteiger partial charge in [0.05, 0.1) is 12.1 Å². The Morgan fingerprint density at radius 3 is 2.60 bits per heavy atom. The molecule has 0 amide bonds. The number of guanidine groups is 1. The number of aliphatic imine (C=N–C) groups is 1. The molecule has 0 spiro atoms. The molecule has 1 unspecified atom stereocenters. The van der Waals surface area contributed by atoms with E-state index in [1.165, 1.54) is 18.4 Å². The fraction of sp³-hybridized carbons (Fsp3) is 0.588. The van der Waals surface area contributed by atoms with Crippen LogP contribution in [0.5, 0.6) is 0 Å². The van der Waals surface area contributed by atoms with Crippen molar-refractivity contribution in [3.63, 3.8) is 0 Å². The average molecular weight is 271 g/mol. The third kappa shape index (κ3) is 2.41. The summed E-state index contributed by atoms with van der Waals surface area (Å²) in [7, 11) is 0. The van der Waals surface area contributed by atoms with Crippen LogP contribution in [0.15, 0.2) is 35.3 Å². The molecule has 20 heavy (non-hydrogen) atoms. The highest BCUT2D eigenvalue weighted by Crippen LogP contribution is 2.41. The van der Waals surface area contributed by atoms with E-state index in [9.17, 15) is 0 Å². The van der Waals surface area contributed by atoms with Gasteiger partial charge in [0.2, 0.25) is 0 Å². The second-order valence-electron chi connectivity index (χ2n) is 6.72. The highest BCUT2D eigenvalue weighted by Gasteiger charge is 2.45. The summed E-state index contributed by atoms with van der Waals surface area (Å²) in [6.45, 7) is 6.44. The highest BCUT2D eigenvalue weighted by atomic mass is 15.4. The summed E-state index contributed by atoms with van der Waals surface area (Å²) in [6, 6.07) is 10.8. The number of rotatable bonds is 5. The van der Waals surface area contributed by atoms with Gasteiger partial charge in [-0.2, -0.15) is 0 Å². The molecule has 3 rings (SSSR count). The van der Waals surface area contributed by atoms with Crippen molar-refractivity contribution in [1.29, 1.82) is 0 Å². The molecule has 1 aliphatic heterocycles. The molecule has 1 aliphatic carbocycles. The first-order valence-corrected chi connectivity index (χ1v) is 7.75. The molecular formula is C17H25N3. The van der Waals surface area contributed by atoms with E-state index >= 15 is 0 Å². The van der Waals surface area contributed by atoms with Crippen LogP contribution in [0.4, 0.5) is 0 Å². The third-order valence-electron chi connectivity index (χ3n) is 4.49. The summed E-state index contributed by atoms with van der Waals surface area (Å²) >= 11 is 0.